The van der Waals surface area contributed by atoms with Crippen molar-refractivity contribution in [2.24, 2.45) is 0 Å². The summed E-state index contributed by atoms with van der Waals surface area (Å²) in [4.78, 5) is 25.1. The zero-order valence-electron chi connectivity index (χ0n) is 18.9. The van der Waals surface area contributed by atoms with Crippen molar-refractivity contribution in [3.8, 4) is 23.0 Å². The molecule has 3 rings (SSSR count). The van der Waals surface area contributed by atoms with Crippen molar-refractivity contribution in [2.45, 2.75) is 19.8 Å². The monoisotopic (exact) mass is 441 g/mol. The highest BCUT2D eigenvalue weighted by Gasteiger charge is 2.19. The minimum atomic E-state index is -0.573. The Hall–Kier alpha value is -3.68. The van der Waals surface area contributed by atoms with E-state index in [1.54, 1.807) is 33.3 Å². The Labute approximate surface area is 186 Å². The van der Waals surface area contributed by atoms with E-state index in [2.05, 4.69) is 5.32 Å². The highest BCUT2D eigenvalue weighted by atomic mass is 16.5. The number of benzene rings is 2. The Morgan fingerprint density at radius 1 is 0.938 bits per heavy atom. The van der Waals surface area contributed by atoms with Crippen LogP contribution >= 0.6 is 0 Å². The number of carbonyl (C=O) groups is 1. The van der Waals surface area contributed by atoms with Crippen LogP contribution in [-0.2, 0) is 17.6 Å². The van der Waals surface area contributed by atoms with Crippen molar-refractivity contribution in [3.63, 3.8) is 0 Å². The van der Waals surface area contributed by atoms with E-state index < -0.39 is 5.63 Å². The molecule has 0 spiro atoms. The normalized spacial score (nSPS) is 10.7. The molecule has 8 nitrogen and oxygen atoms in total. The van der Waals surface area contributed by atoms with Crippen LogP contribution in [0.5, 0.6) is 23.0 Å². The molecule has 32 heavy (non-hydrogen) atoms. The first kappa shape index (κ1) is 23.0. The van der Waals surface area contributed by atoms with E-state index in [1.807, 2.05) is 18.2 Å². The van der Waals surface area contributed by atoms with Crippen molar-refractivity contribution in [1.82, 2.24) is 5.32 Å². The Balaban J connectivity index is 1.72. The summed E-state index contributed by atoms with van der Waals surface area (Å²) in [5.74, 6) is 1.82. The first-order valence-electron chi connectivity index (χ1n) is 10.1. The van der Waals surface area contributed by atoms with Crippen LogP contribution in [-0.4, -0.2) is 40.9 Å². The smallest absolute Gasteiger partial charge is 0.340 e. The number of aryl methyl sites for hydroxylation is 1. The van der Waals surface area contributed by atoms with E-state index in [0.29, 0.717) is 58.1 Å². The van der Waals surface area contributed by atoms with Gasteiger partial charge < -0.3 is 28.7 Å². The van der Waals surface area contributed by atoms with Gasteiger partial charge in [-0.1, -0.05) is 6.07 Å². The molecule has 0 saturated heterocycles. The second kappa shape index (κ2) is 10.1. The number of hydrogen-bond donors (Lipinski definition) is 1. The summed E-state index contributed by atoms with van der Waals surface area (Å²) in [6, 6.07) is 9.13. The molecule has 0 fully saturated rings. The summed E-state index contributed by atoms with van der Waals surface area (Å²) in [5, 5.41) is 3.54. The molecule has 0 aliphatic rings. The summed E-state index contributed by atoms with van der Waals surface area (Å²) in [5.41, 5.74) is 1.70. The average Bonchev–Trinajstić information content (AvgIpc) is 2.80. The van der Waals surface area contributed by atoms with Crippen molar-refractivity contribution in [3.05, 3.63) is 57.4 Å². The predicted octanol–water partition coefficient (Wildman–Crippen LogP) is 3.04. The number of carbonyl (C=O) groups excluding carboxylic acids is 1. The predicted molar refractivity (Wildman–Crippen MR) is 120 cm³/mol. The Kier molecular flexibility index (Phi) is 7.25. The van der Waals surface area contributed by atoms with Crippen LogP contribution in [0.2, 0.25) is 0 Å². The van der Waals surface area contributed by atoms with Crippen molar-refractivity contribution >= 4 is 16.9 Å². The number of rotatable bonds is 9. The lowest BCUT2D eigenvalue weighted by Crippen LogP contribution is -2.29. The molecule has 0 atom stereocenters. The zero-order chi connectivity index (χ0) is 23.3. The van der Waals surface area contributed by atoms with Crippen molar-refractivity contribution < 1.29 is 28.2 Å². The number of amides is 1. The van der Waals surface area contributed by atoms with E-state index in [-0.39, 0.29) is 12.3 Å². The molecule has 1 N–H and O–H groups in total. The van der Waals surface area contributed by atoms with Gasteiger partial charge in [0.1, 0.15) is 0 Å². The van der Waals surface area contributed by atoms with E-state index in [0.717, 1.165) is 5.56 Å². The minimum Gasteiger partial charge on any atom is -0.493 e. The average molecular weight is 441 g/mol. The van der Waals surface area contributed by atoms with Crippen LogP contribution < -0.4 is 29.9 Å². The maximum absolute atomic E-state index is 12.6. The van der Waals surface area contributed by atoms with Crippen LogP contribution in [0.3, 0.4) is 0 Å². The Morgan fingerprint density at radius 2 is 1.62 bits per heavy atom. The third kappa shape index (κ3) is 4.64. The number of nitrogens with one attached hydrogen (secondary N) is 1. The summed E-state index contributed by atoms with van der Waals surface area (Å²) in [6.45, 7) is 2.20. The van der Waals surface area contributed by atoms with Crippen molar-refractivity contribution in [1.29, 1.82) is 0 Å². The van der Waals surface area contributed by atoms with Gasteiger partial charge in [-0.25, -0.2) is 4.79 Å². The van der Waals surface area contributed by atoms with E-state index in [1.165, 1.54) is 14.2 Å². The van der Waals surface area contributed by atoms with Gasteiger partial charge in [0.15, 0.2) is 22.8 Å². The maximum atomic E-state index is 12.6. The lowest BCUT2D eigenvalue weighted by Gasteiger charge is -2.13. The standard InChI is InChI=1S/C24H27NO7/c1-14-16-7-9-19(29-3)23(31-5)22(16)32-24(27)17(14)13-21(26)25-11-10-15-6-8-18(28-2)20(12-15)30-4/h6-9,12H,10-11,13H2,1-5H3,(H,25,26). The first-order chi connectivity index (χ1) is 15.4. The molecule has 2 aromatic carbocycles. The van der Waals surface area contributed by atoms with Crippen LogP contribution in [0.1, 0.15) is 16.7 Å². The minimum absolute atomic E-state index is 0.0790. The number of hydrogen-bond acceptors (Lipinski definition) is 7. The third-order valence-electron chi connectivity index (χ3n) is 5.32. The van der Waals surface area contributed by atoms with Gasteiger partial charge in [0.05, 0.1) is 40.4 Å². The molecule has 170 valence electrons. The largest absolute Gasteiger partial charge is 0.493 e. The Bertz CT molecular complexity index is 1180. The lowest BCUT2D eigenvalue weighted by atomic mass is 10.0. The van der Waals surface area contributed by atoms with Gasteiger partial charge in [0, 0.05) is 11.9 Å². The van der Waals surface area contributed by atoms with Crippen LogP contribution in [0.25, 0.3) is 11.0 Å². The van der Waals surface area contributed by atoms with Gasteiger partial charge in [0.25, 0.3) is 0 Å². The van der Waals surface area contributed by atoms with Gasteiger partial charge in [-0.15, -0.1) is 0 Å². The van der Waals surface area contributed by atoms with Gasteiger partial charge in [-0.3, -0.25) is 4.79 Å². The molecule has 1 amide bonds. The van der Waals surface area contributed by atoms with E-state index in [4.69, 9.17) is 23.4 Å². The lowest BCUT2D eigenvalue weighted by molar-refractivity contribution is -0.120. The highest BCUT2D eigenvalue weighted by molar-refractivity contribution is 5.89. The third-order valence-corrected chi connectivity index (χ3v) is 5.32. The van der Waals surface area contributed by atoms with Crippen LogP contribution in [0, 0.1) is 6.92 Å². The highest BCUT2D eigenvalue weighted by Crippen LogP contribution is 2.36. The van der Waals surface area contributed by atoms with Gasteiger partial charge in [0.2, 0.25) is 11.7 Å². The molecule has 0 bridgehead atoms. The molecule has 0 saturated carbocycles. The molecular weight excluding hydrogens is 414 g/mol. The first-order valence-corrected chi connectivity index (χ1v) is 10.1. The van der Waals surface area contributed by atoms with Gasteiger partial charge >= 0.3 is 5.63 Å². The topological polar surface area (TPSA) is 96.2 Å². The van der Waals surface area contributed by atoms with Gasteiger partial charge in [-0.05, 0) is 48.7 Å². The Morgan fingerprint density at radius 3 is 2.28 bits per heavy atom. The zero-order valence-corrected chi connectivity index (χ0v) is 18.9. The molecule has 8 heteroatoms. The second-order valence-electron chi connectivity index (χ2n) is 7.14. The fraction of sp³-hybridized carbons (Fsp3) is 0.333. The van der Waals surface area contributed by atoms with E-state index in [9.17, 15) is 9.59 Å². The SMILES string of the molecule is COc1ccc(CCNC(=O)Cc2c(C)c3ccc(OC)c(OC)c3oc2=O)cc1OC. The van der Waals surface area contributed by atoms with Crippen LogP contribution in [0.15, 0.2) is 39.5 Å². The fourth-order valence-corrected chi connectivity index (χ4v) is 3.58. The second-order valence-corrected chi connectivity index (χ2v) is 7.14. The fourth-order valence-electron chi connectivity index (χ4n) is 3.58. The molecule has 0 aliphatic carbocycles. The molecule has 1 heterocycles. The summed E-state index contributed by atoms with van der Waals surface area (Å²) >= 11 is 0. The molecule has 0 unspecified atom stereocenters. The number of ether oxygens (including phenoxy) is 4. The number of fused-ring (bicyclic) bond motifs is 1. The van der Waals surface area contributed by atoms with Gasteiger partial charge in [-0.2, -0.15) is 0 Å². The maximum Gasteiger partial charge on any atom is 0.340 e. The summed E-state index contributed by atoms with van der Waals surface area (Å²) in [6.07, 6.45) is 0.527. The molecule has 3 aromatic rings. The molecule has 0 aliphatic heterocycles. The summed E-state index contributed by atoms with van der Waals surface area (Å²) < 4.78 is 26.6. The molecule has 1 aromatic heterocycles. The van der Waals surface area contributed by atoms with Crippen molar-refractivity contribution in [2.75, 3.05) is 35.0 Å². The number of methoxy groups -OCH3 is 4. The van der Waals surface area contributed by atoms with Crippen LogP contribution in [0.4, 0.5) is 0 Å². The van der Waals surface area contributed by atoms with E-state index >= 15 is 0 Å². The quantitative estimate of drug-likeness (QED) is 0.510. The summed E-state index contributed by atoms with van der Waals surface area (Å²) in [7, 11) is 6.14. The molecular formula is C24H27NO7. The molecule has 0 radical (unpaired) electrons.